The van der Waals surface area contributed by atoms with Gasteiger partial charge < -0.3 is 7.96 Å². The van der Waals surface area contributed by atoms with Crippen LogP contribution in [0.1, 0.15) is 107 Å². The second-order valence-corrected chi connectivity index (χ2v) is 6.57. The Morgan fingerprint density at radius 2 is 1.10 bits per heavy atom. The molecular formula is C18H38CaO2. The Bertz CT molecular complexity index is 227. The summed E-state index contributed by atoms with van der Waals surface area (Å²) in [5, 5.41) is 8.52. The molecular weight excluding hydrogens is 288 g/mol. The number of hydrogen-bond acceptors (Lipinski definition) is 1. The Balaban J connectivity index is -0.000000602. The monoisotopic (exact) mass is 326 g/mol. The minimum Gasteiger partial charge on any atom is -1.00 e. The molecule has 0 spiro atoms. The minimum absolute atomic E-state index is 0. The molecule has 0 fully saturated rings. The summed E-state index contributed by atoms with van der Waals surface area (Å²) in [5.74, 6) is 0.212. The van der Waals surface area contributed by atoms with Gasteiger partial charge in [-0.3, -0.25) is 4.79 Å². The van der Waals surface area contributed by atoms with Gasteiger partial charge in [-0.05, 0) is 12.3 Å². The molecule has 1 N–H and O–H groups in total. The van der Waals surface area contributed by atoms with Crippen molar-refractivity contribution in [3.8, 4) is 0 Å². The zero-order chi connectivity index (χ0) is 15.1. The fourth-order valence-corrected chi connectivity index (χ4v) is 2.60. The molecule has 0 heterocycles. The van der Waals surface area contributed by atoms with Gasteiger partial charge in [-0.2, -0.15) is 0 Å². The van der Waals surface area contributed by atoms with Crippen LogP contribution in [0.3, 0.4) is 0 Å². The van der Waals surface area contributed by atoms with Crippen molar-refractivity contribution in [1.82, 2.24) is 0 Å². The van der Waals surface area contributed by atoms with Crippen LogP contribution in [0.5, 0.6) is 0 Å². The first-order valence-corrected chi connectivity index (χ1v) is 8.84. The zero-order valence-corrected chi connectivity index (χ0v) is 16.7. The van der Waals surface area contributed by atoms with Gasteiger partial charge in [0.15, 0.2) is 0 Å². The predicted octanol–water partition coefficient (Wildman–Crippen LogP) is 6.03. The molecule has 0 aliphatic heterocycles. The Morgan fingerprint density at radius 3 is 1.43 bits per heavy atom. The van der Waals surface area contributed by atoms with Crippen LogP contribution >= 0.6 is 0 Å². The van der Waals surface area contributed by atoms with Crippen molar-refractivity contribution >= 4 is 43.7 Å². The molecule has 21 heavy (non-hydrogen) atoms. The first kappa shape index (κ1) is 24.0. The van der Waals surface area contributed by atoms with Crippen LogP contribution < -0.4 is 0 Å². The van der Waals surface area contributed by atoms with E-state index in [9.17, 15) is 4.79 Å². The van der Waals surface area contributed by atoms with E-state index in [2.05, 4.69) is 13.8 Å². The van der Waals surface area contributed by atoms with Crippen LogP contribution in [0.4, 0.5) is 0 Å². The second kappa shape index (κ2) is 18.8. The van der Waals surface area contributed by atoms with E-state index in [-0.39, 0.29) is 40.6 Å². The molecule has 0 rings (SSSR count). The summed E-state index contributed by atoms with van der Waals surface area (Å²) >= 11 is 0. The summed E-state index contributed by atoms with van der Waals surface area (Å²) in [4.78, 5) is 10.3. The van der Waals surface area contributed by atoms with Crippen molar-refractivity contribution in [3.05, 3.63) is 0 Å². The summed E-state index contributed by atoms with van der Waals surface area (Å²) in [5.41, 5.74) is 0. The van der Waals surface area contributed by atoms with E-state index in [1.165, 1.54) is 70.6 Å². The number of carbonyl (C=O) groups is 1. The first-order chi connectivity index (χ1) is 9.63. The smallest absolute Gasteiger partial charge is 1.00 e. The van der Waals surface area contributed by atoms with E-state index in [1.54, 1.807) is 0 Å². The van der Waals surface area contributed by atoms with Gasteiger partial charge in [0.05, 0.1) is 0 Å². The number of carboxylic acids is 1. The number of unbranched alkanes of at least 4 members (excludes halogenated alkanes) is 11. The number of rotatable bonds is 15. The van der Waals surface area contributed by atoms with Gasteiger partial charge in [0.1, 0.15) is 0 Å². The molecule has 0 radical (unpaired) electrons. The topological polar surface area (TPSA) is 37.3 Å². The van der Waals surface area contributed by atoms with Gasteiger partial charge in [0.25, 0.3) is 0 Å². The normalized spacial score (nSPS) is 10.6. The zero-order valence-electron chi connectivity index (χ0n) is 16.5. The van der Waals surface area contributed by atoms with Crippen LogP contribution in [-0.2, 0) is 4.79 Å². The van der Waals surface area contributed by atoms with Crippen LogP contribution in [0.15, 0.2) is 0 Å². The molecule has 0 aromatic heterocycles. The molecule has 3 heteroatoms. The SMILES string of the molecule is CC(C)CCCCCCCCCCCCCCC(=O)O.[Ca+2].[H-].[H-]. The molecule has 0 aromatic rings. The van der Waals surface area contributed by atoms with Crippen molar-refractivity contribution in [1.29, 1.82) is 0 Å². The van der Waals surface area contributed by atoms with E-state index in [4.69, 9.17) is 5.11 Å². The predicted molar refractivity (Wildman–Crippen MR) is 95.1 cm³/mol. The molecule has 0 saturated heterocycles. The maximum atomic E-state index is 10.3. The largest absolute Gasteiger partial charge is 2.00 e. The second-order valence-electron chi connectivity index (χ2n) is 6.57. The summed E-state index contributed by atoms with van der Waals surface area (Å²) in [6.45, 7) is 4.61. The Labute approximate surface area is 165 Å². The third-order valence-electron chi connectivity index (χ3n) is 3.92. The van der Waals surface area contributed by atoms with Gasteiger partial charge in [0, 0.05) is 6.42 Å². The fraction of sp³-hybridized carbons (Fsp3) is 0.944. The Kier molecular flexibility index (Phi) is 21.5. The standard InChI is InChI=1S/C18H36O2.Ca.2H/c1-17(2)15-13-11-9-7-5-3-4-6-8-10-12-14-16-18(19)20;;;/h17H,3-16H2,1-2H3,(H,19,20);;;/q;+2;2*-1. The molecule has 0 amide bonds. The van der Waals surface area contributed by atoms with Crippen LogP contribution in [0, 0.1) is 5.92 Å². The molecule has 0 unspecified atom stereocenters. The number of carboxylic acid groups (broad SMARTS) is 1. The molecule has 124 valence electrons. The van der Waals surface area contributed by atoms with E-state index in [1.807, 2.05) is 0 Å². The van der Waals surface area contributed by atoms with Crippen LogP contribution in [0.25, 0.3) is 0 Å². The summed E-state index contributed by atoms with van der Waals surface area (Å²) in [6, 6.07) is 0. The van der Waals surface area contributed by atoms with E-state index >= 15 is 0 Å². The molecule has 0 saturated carbocycles. The maximum Gasteiger partial charge on any atom is 2.00 e. The van der Waals surface area contributed by atoms with Gasteiger partial charge in [-0.15, -0.1) is 0 Å². The van der Waals surface area contributed by atoms with Gasteiger partial charge >= 0.3 is 43.7 Å². The van der Waals surface area contributed by atoms with Gasteiger partial charge in [-0.1, -0.05) is 90.9 Å². The van der Waals surface area contributed by atoms with Gasteiger partial charge in [0.2, 0.25) is 0 Å². The van der Waals surface area contributed by atoms with E-state index in [0.717, 1.165) is 18.8 Å². The molecule has 0 aromatic carbocycles. The number of hydrogen-bond donors (Lipinski definition) is 1. The van der Waals surface area contributed by atoms with E-state index in [0.29, 0.717) is 6.42 Å². The van der Waals surface area contributed by atoms with Crippen LogP contribution in [-0.4, -0.2) is 48.8 Å². The summed E-state index contributed by atoms with van der Waals surface area (Å²) < 4.78 is 0. The molecule has 0 bridgehead atoms. The third-order valence-corrected chi connectivity index (χ3v) is 3.92. The number of aliphatic carboxylic acids is 1. The van der Waals surface area contributed by atoms with E-state index < -0.39 is 5.97 Å². The van der Waals surface area contributed by atoms with Crippen molar-refractivity contribution < 1.29 is 12.8 Å². The van der Waals surface area contributed by atoms with Crippen molar-refractivity contribution in [2.24, 2.45) is 5.92 Å². The molecule has 0 atom stereocenters. The van der Waals surface area contributed by atoms with Crippen LogP contribution in [0.2, 0.25) is 0 Å². The molecule has 2 nitrogen and oxygen atoms in total. The Hall–Kier alpha value is 0.730. The molecule has 0 aliphatic rings. The Morgan fingerprint density at radius 1 is 0.762 bits per heavy atom. The summed E-state index contributed by atoms with van der Waals surface area (Å²) in [7, 11) is 0. The maximum absolute atomic E-state index is 10.3. The fourth-order valence-electron chi connectivity index (χ4n) is 2.60. The average Bonchev–Trinajstić information content (AvgIpc) is 2.38. The van der Waals surface area contributed by atoms with Gasteiger partial charge in [-0.25, -0.2) is 0 Å². The van der Waals surface area contributed by atoms with Crippen molar-refractivity contribution in [3.63, 3.8) is 0 Å². The molecule has 0 aliphatic carbocycles. The van der Waals surface area contributed by atoms with Crippen molar-refractivity contribution in [2.75, 3.05) is 0 Å². The third kappa shape index (κ3) is 23.1. The average molecular weight is 327 g/mol. The minimum atomic E-state index is -0.654. The summed E-state index contributed by atoms with van der Waals surface area (Å²) in [6.07, 6.45) is 17.3. The van der Waals surface area contributed by atoms with Crippen molar-refractivity contribution in [2.45, 2.75) is 104 Å². The quantitative estimate of drug-likeness (QED) is 0.294. The first-order valence-electron chi connectivity index (χ1n) is 8.84.